The van der Waals surface area contributed by atoms with Gasteiger partial charge in [0, 0.05) is 13.1 Å². The molecule has 28 heavy (non-hydrogen) atoms. The van der Waals surface area contributed by atoms with Crippen LogP contribution in [0.15, 0.2) is 35.0 Å². The Morgan fingerprint density at radius 3 is 2.71 bits per heavy atom. The third-order valence-electron chi connectivity index (χ3n) is 4.29. The van der Waals surface area contributed by atoms with Crippen LogP contribution in [-0.2, 0) is 24.0 Å². The van der Waals surface area contributed by atoms with Crippen molar-refractivity contribution in [3.8, 4) is 11.6 Å². The highest BCUT2D eigenvalue weighted by molar-refractivity contribution is 5.43. The Hall–Kier alpha value is -2.79. The molecule has 0 radical (unpaired) electrons. The highest BCUT2D eigenvalue weighted by Gasteiger charge is 2.30. The fourth-order valence-corrected chi connectivity index (χ4v) is 2.89. The van der Waals surface area contributed by atoms with Crippen LogP contribution in [0.2, 0.25) is 0 Å². The van der Waals surface area contributed by atoms with Gasteiger partial charge in [0.15, 0.2) is 11.5 Å². The van der Waals surface area contributed by atoms with Crippen molar-refractivity contribution >= 4 is 0 Å². The number of hydrogen-bond acceptors (Lipinski definition) is 7. The third kappa shape index (κ3) is 4.37. The fraction of sp³-hybridized carbons (Fsp3) is 0.412. The minimum absolute atomic E-state index is 0.145. The van der Waals surface area contributed by atoms with Gasteiger partial charge in [-0.2, -0.15) is 18.2 Å². The molecule has 0 spiro atoms. The molecule has 1 aliphatic rings. The van der Waals surface area contributed by atoms with Gasteiger partial charge in [-0.3, -0.25) is 4.90 Å². The van der Waals surface area contributed by atoms with Crippen LogP contribution in [0.3, 0.4) is 0 Å². The van der Waals surface area contributed by atoms with Crippen LogP contribution in [0, 0.1) is 0 Å². The topological polar surface area (TPSA) is 82.1 Å². The molecule has 3 aromatic rings. The van der Waals surface area contributed by atoms with E-state index in [1.54, 1.807) is 12.3 Å². The van der Waals surface area contributed by atoms with Gasteiger partial charge in [0.1, 0.15) is 0 Å². The van der Waals surface area contributed by atoms with Crippen LogP contribution in [0.25, 0.3) is 11.6 Å². The summed E-state index contributed by atoms with van der Waals surface area (Å²) >= 11 is 0. The van der Waals surface area contributed by atoms with Crippen molar-refractivity contribution < 1.29 is 22.4 Å². The van der Waals surface area contributed by atoms with Crippen LogP contribution in [-0.4, -0.2) is 56.3 Å². The van der Waals surface area contributed by atoms with Crippen LogP contribution < -0.4 is 0 Å². The van der Waals surface area contributed by atoms with Crippen molar-refractivity contribution in [2.75, 3.05) is 26.3 Å². The Morgan fingerprint density at radius 1 is 1.11 bits per heavy atom. The lowest BCUT2D eigenvalue weighted by molar-refractivity contribution is -0.137. The van der Waals surface area contributed by atoms with Crippen molar-refractivity contribution in [3.05, 3.63) is 47.4 Å². The second kappa shape index (κ2) is 7.68. The van der Waals surface area contributed by atoms with Crippen molar-refractivity contribution in [3.63, 3.8) is 0 Å². The van der Waals surface area contributed by atoms with Gasteiger partial charge in [-0.25, -0.2) is 4.68 Å². The van der Waals surface area contributed by atoms with Gasteiger partial charge in [-0.1, -0.05) is 22.5 Å². The highest BCUT2D eigenvalue weighted by Crippen LogP contribution is 2.29. The summed E-state index contributed by atoms with van der Waals surface area (Å²) in [5, 5.41) is 11.9. The molecule has 1 saturated heterocycles. The van der Waals surface area contributed by atoms with E-state index in [1.807, 2.05) is 0 Å². The first kappa shape index (κ1) is 18.6. The normalized spacial score (nSPS) is 15.8. The Balaban J connectivity index is 1.43. The first-order chi connectivity index (χ1) is 13.5. The lowest BCUT2D eigenvalue weighted by Crippen LogP contribution is -2.35. The molecule has 0 N–H and O–H groups in total. The molecule has 148 valence electrons. The summed E-state index contributed by atoms with van der Waals surface area (Å²) < 4.78 is 50.5. The smallest absolute Gasteiger partial charge is 0.379 e. The second-order valence-corrected chi connectivity index (χ2v) is 6.40. The molecule has 1 aliphatic heterocycles. The lowest BCUT2D eigenvalue weighted by Gasteiger charge is -2.24. The summed E-state index contributed by atoms with van der Waals surface area (Å²) in [5.74, 6) is 0.753. The van der Waals surface area contributed by atoms with E-state index in [4.69, 9.17) is 9.26 Å². The molecule has 0 amide bonds. The van der Waals surface area contributed by atoms with Gasteiger partial charge in [0.25, 0.3) is 5.89 Å². The number of halogens is 3. The van der Waals surface area contributed by atoms with E-state index in [0.29, 0.717) is 36.8 Å². The summed E-state index contributed by atoms with van der Waals surface area (Å²) in [5.41, 5.74) is 0.132. The molecular weight excluding hydrogens is 377 g/mol. The maximum absolute atomic E-state index is 12.8. The predicted molar refractivity (Wildman–Crippen MR) is 90.0 cm³/mol. The number of benzene rings is 1. The molecule has 1 aromatic carbocycles. The number of alkyl halides is 3. The molecule has 11 heteroatoms. The molecule has 0 aliphatic carbocycles. The molecule has 0 bridgehead atoms. The molecule has 1 fully saturated rings. The summed E-state index contributed by atoms with van der Waals surface area (Å²) in [6, 6.07) is 5.09. The van der Waals surface area contributed by atoms with Gasteiger partial charge < -0.3 is 9.26 Å². The van der Waals surface area contributed by atoms with Crippen LogP contribution in [0.4, 0.5) is 13.2 Å². The third-order valence-corrected chi connectivity index (χ3v) is 4.29. The zero-order valence-corrected chi connectivity index (χ0v) is 14.8. The number of aromatic nitrogens is 5. The zero-order valence-electron chi connectivity index (χ0n) is 14.8. The Labute approximate surface area is 157 Å². The second-order valence-electron chi connectivity index (χ2n) is 6.40. The minimum atomic E-state index is -4.38. The Morgan fingerprint density at radius 2 is 1.93 bits per heavy atom. The van der Waals surface area contributed by atoms with Crippen molar-refractivity contribution in [2.24, 2.45) is 0 Å². The average molecular weight is 394 g/mol. The van der Waals surface area contributed by atoms with E-state index in [1.165, 1.54) is 10.7 Å². The van der Waals surface area contributed by atoms with Crippen LogP contribution >= 0.6 is 0 Å². The van der Waals surface area contributed by atoms with Crippen molar-refractivity contribution in [1.82, 2.24) is 30.0 Å². The summed E-state index contributed by atoms with van der Waals surface area (Å²) in [7, 11) is 0. The van der Waals surface area contributed by atoms with Gasteiger partial charge in [-0.05, 0) is 17.7 Å². The van der Waals surface area contributed by atoms with E-state index in [0.717, 1.165) is 25.2 Å². The number of hydrogen-bond donors (Lipinski definition) is 0. The molecule has 0 saturated carbocycles. The van der Waals surface area contributed by atoms with E-state index in [9.17, 15) is 13.2 Å². The average Bonchev–Trinajstić information content (AvgIpc) is 3.32. The fourth-order valence-electron chi connectivity index (χ4n) is 2.89. The maximum Gasteiger partial charge on any atom is 0.416 e. The number of nitrogens with zero attached hydrogens (tertiary/aromatic N) is 6. The summed E-state index contributed by atoms with van der Waals surface area (Å²) in [4.78, 5) is 6.47. The van der Waals surface area contributed by atoms with Gasteiger partial charge in [-0.15, -0.1) is 5.10 Å². The minimum Gasteiger partial charge on any atom is -0.379 e. The summed E-state index contributed by atoms with van der Waals surface area (Å²) in [6.07, 6.45) is -2.82. The van der Waals surface area contributed by atoms with E-state index in [-0.39, 0.29) is 12.4 Å². The van der Waals surface area contributed by atoms with E-state index in [2.05, 4.69) is 25.4 Å². The molecule has 2 aromatic heterocycles. The highest BCUT2D eigenvalue weighted by atomic mass is 19.4. The van der Waals surface area contributed by atoms with Crippen molar-refractivity contribution in [2.45, 2.75) is 19.3 Å². The molecule has 8 nitrogen and oxygen atoms in total. The van der Waals surface area contributed by atoms with E-state index < -0.39 is 11.7 Å². The first-order valence-corrected chi connectivity index (χ1v) is 8.67. The molecule has 4 rings (SSSR count). The quantitative estimate of drug-likeness (QED) is 0.656. The maximum atomic E-state index is 12.8. The molecular formula is C17H17F3N6O2. The largest absolute Gasteiger partial charge is 0.416 e. The predicted octanol–water partition coefficient (Wildman–Crippen LogP) is 2.23. The number of ether oxygens (including phenoxy) is 1. The van der Waals surface area contributed by atoms with Crippen LogP contribution in [0.1, 0.15) is 17.0 Å². The lowest BCUT2D eigenvalue weighted by atomic mass is 10.1. The van der Waals surface area contributed by atoms with Gasteiger partial charge in [0.2, 0.25) is 0 Å². The SMILES string of the molecule is FC(F)(F)c1cccc(Cn2cc(-c3nc(CN4CCOCC4)no3)nn2)c1. The molecule has 0 unspecified atom stereocenters. The Kier molecular flexibility index (Phi) is 5.09. The first-order valence-electron chi connectivity index (χ1n) is 8.67. The molecule has 0 atom stereocenters. The van der Waals surface area contributed by atoms with Crippen molar-refractivity contribution in [1.29, 1.82) is 0 Å². The molecule has 3 heterocycles. The van der Waals surface area contributed by atoms with Gasteiger partial charge in [0.05, 0.1) is 38.1 Å². The van der Waals surface area contributed by atoms with Crippen LogP contribution in [0.5, 0.6) is 0 Å². The Bertz CT molecular complexity index is 933. The standard InChI is InChI=1S/C17H17F3N6O2/c18-17(19,20)13-3-1-2-12(8-13)9-26-10-14(22-24-26)16-21-15(23-28-16)11-25-4-6-27-7-5-25/h1-3,8,10H,4-7,9,11H2. The zero-order chi connectivity index (χ0) is 19.6. The monoisotopic (exact) mass is 394 g/mol. The summed E-state index contributed by atoms with van der Waals surface area (Å²) in [6.45, 7) is 3.65. The number of rotatable bonds is 5. The van der Waals surface area contributed by atoms with E-state index >= 15 is 0 Å². The number of morpholine rings is 1. The van der Waals surface area contributed by atoms with Gasteiger partial charge >= 0.3 is 6.18 Å².